The Morgan fingerprint density at radius 2 is 1.62 bits per heavy atom. The predicted octanol–water partition coefficient (Wildman–Crippen LogP) is 1.11. The van der Waals surface area contributed by atoms with E-state index in [1.165, 1.54) is 30.3 Å². The van der Waals surface area contributed by atoms with E-state index in [2.05, 4.69) is 4.72 Å². The zero-order valence-corrected chi connectivity index (χ0v) is 12.3. The Hall–Kier alpha value is -1.89. The van der Waals surface area contributed by atoms with Gasteiger partial charge in [0.05, 0.1) is 17.0 Å². The number of hydrogen-bond acceptors (Lipinski definition) is 4. The average Bonchev–Trinajstić information content (AvgIpc) is 2.46. The van der Waals surface area contributed by atoms with Gasteiger partial charge in [0.25, 0.3) is 0 Å². The fourth-order valence-corrected chi connectivity index (χ4v) is 3.47. The van der Waals surface area contributed by atoms with Gasteiger partial charge in [0.1, 0.15) is 4.90 Å². The molecule has 0 radical (unpaired) electrons. The van der Waals surface area contributed by atoms with E-state index in [0.717, 1.165) is 0 Å². The Balaban J connectivity index is 2.38. The van der Waals surface area contributed by atoms with E-state index in [-0.39, 0.29) is 15.5 Å². The third kappa shape index (κ3) is 3.60. The van der Waals surface area contributed by atoms with Gasteiger partial charge in [-0.2, -0.15) is 4.72 Å². The molecule has 7 heteroatoms. The second-order valence-corrected chi connectivity index (χ2v) is 6.30. The second-order valence-electron chi connectivity index (χ2n) is 4.21. The highest BCUT2D eigenvalue weighted by Gasteiger charge is 2.23. The van der Waals surface area contributed by atoms with Crippen molar-refractivity contribution in [1.82, 2.24) is 4.72 Å². The van der Waals surface area contributed by atoms with Crippen LogP contribution in [0.1, 0.15) is 11.6 Å². The van der Waals surface area contributed by atoms with Crippen LogP contribution in [0.2, 0.25) is 5.02 Å². The van der Waals surface area contributed by atoms with Crippen molar-refractivity contribution in [1.29, 1.82) is 0 Å². The summed E-state index contributed by atoms with van der Waals surface area (Å²) in [7, 11) is -4.09. The Labute approximate surface area is 127 Å². The average molecular weight is 325 g/mol. The first-order chi connectivity index (χ1) is 9.92. The zero-order valence-electron chi connectivity index (χ0n) is 10.7. The minimum absolute atomic E-state index is 0.00941. The van der Waals surface area contributed by atoms with Crippen LogP contribution in [0.5, 0.6) is 0 Å². The molecule has 0 aliphatic carbocycles. The summed E-state index contributed by atoms with van der Waals surface area (Å²) in [5.74, 6) is -1.54. The number of carboxylic acids is 1. The molecule has 0 fully saturated rings. The molecule has 2 rings (SSSR count). The first-order valence-corrected chi connectivity index (χ1v) is 7.80. The molecule has 0 amide bonds. The lowest BCUT2D eigenvalue weighted by molar-refractivity contribution is -0.308. The molecular weight excluding hydrogens is 314 g/mol. The van der Waals surface area contributed by atoms with E-state index >= 15 is 0 Å². The Morgan fingerprint density at radius 1 is 1.05 bits per heavy atom. The SMILES string of the molecule is O=C([O-])[C@H](NS(=O)(=O)c1ccccc1Cl)c1ccccc1. The molecule has 0 spiro atoms. The molecule has 21 heavy (non-hydrogen) atoms. The molecule has 0 unspecified atom stereocenters. The number of aliphatic carboxylic acids is 1. The maximum atomic E-state index is 12.3. The lowest BCUT2D eigenvalue weighted by atomic mass is 10.1. The first-order valence-electron chi connectivity index (χ1n) is 5.94. The number of carbonyl (C=O) groups excluding carboxylic acids is 1. The highest BCUT2D eigenvalue weighted by Crippen LogP contribution is 2.23. The molecule has 0 saturated carbocycles. The first kappa shape index (κ1) is 15.5. The van der Waals surface area contributed by atoms with Crippen LogP contribution in [0.25, 0.3) is 0 Å². The van der Waals surface area contributed by atoms with E-state index in [0.29, 0.717) is 0 Å². The van der Waals surface area contributed by atoms with Crippen molar-refractivity contribution in [2.75, 3.05) is 0 Å². The van der Waals surface area contributed by atoms with Crippen molar-refractivity contribution < 1.29 is 18.3 Å². The van der Waals surface area contributed by atoms with Gasteiger partial charge >= 0.3 is 0 Å². The summed E-state index contributed by atoms with van der Waals surface area (Å²) in [6.07, 6.45) is 0. The van der Waals surface area contributed by atoms with E-state index in [1.54, 1.807) is 24.3 Å². The zero-order chi connectivity index (χ0) is 15.5. The summed E-state index contributed by atoms with van der Waals surface area (Å²) in [5.41, 5.74) is 0.271. The van der Waals surface area contributed by atoms with Crippen molar-refractivity contribution in [3.63, 3.8) is 0 Å². The molecular formula is C14H11ClNO4S-. The van der Waals surface area contributed by atoms with Crippen LogP contribution in [0.4, 0.5) is 0 Å². The van der Waals surface area contributed by atoms with E-state index in [4.69, 9.17) is 11.6 Å². The van der Waals surface area contributed by atoms with Gasteiger partial charge in [0.2, 0.25) is 10.0 Å². The number of halogens is 1. The summed E-state index contributed by atoms with van der Waals surface area (Å²) < 4.78 is 26.6. The van der Waals surface area contributed by atoms with Gasteiger partial charge < -0.3 is 9.90 Å². The summed E-state index contributed by atoms with van der Waals surface area (Å²) in [6, 6.07) is 12.2. The second kappa shape index (κ2) is 6.26. The van der Waals surface area contributed by atoms with E-state index in [9.17, 15) is 18.3 Å². The summed E-state index contributed by atoms with van der Waals surface area (Å²) in [4.78, 5) is 11.0. The van der Waals surface area contributed by atoms with E-state index in [1.807, 2.05) is 0 Å². The quantitative estimate of drug-likeness (QED) is 0.892. The standard InChI is InChI=1S/C14H12ClNO4S/c15-11-8-4-5-9-12(11)21(19,20)16-13(14(17)18)10-6-2-1-3-7-10/h1-9,13,16H,(H,17,18)/p-1/t13-/m1/s1. The molecule has 0 saturated heterocycles. The fraction of sp³-hybridized carbons (Fsp3) is 0.0714. The maximum absolute atomic E-state index is 12.3. The molecule has 0 aliphatic heterocycles. The van der Waals surface area contributed by atoms with Crippen molar-refractivity contribution >= 4 is 27.6 Å². The van der Waals surface area contributed by atoms with Gasteiger partial charge in [-0.05, 0) is 17.7 Å². The van der Waals surface area contributed by atoms with Crippen molar-refractivity contribution in [3.8, 4) is 0 Å². The lowest BCUT2D eigenvalue weighted by Gasteiger charge is -2.20. The van der Waals surface area contributed by atoms with Gasteiger partial charge in [-0.15, -0.1) is 0 Å². The minimum Gasteiger partial charge on any atom is -0.548 e. The summed E-state index contributed by atoms with van der Waals surface area (Å²) in [6.45, 7) is 0. The van der Waals surface area contributed by atoms with Crippen molar-refractivity contribution in [2.45, 2.75) is 10.9 Å². The van der Waals surface area contributed by atoms with E-state index < -0.39 is 22.0 Å². The van der Waals surface area contributed by atoms with Gasteiger partial charge in [-0.3, -0.25) is 0 Å². The topological polar surface area (TPSA) is 86.3 Å². The predicted molar refractivity (Wildman–Crippen MR) is 76.0 cm³/mol. The van der Waals surface area contributed by atoms with Gasteiger partial charge in [-0.25, -0.2) is 8.42 Å². The number of benzene rings is 2. The molecule has 110 valence electrons. The van der Waals surface area contributed by atoms with Crippen LogP contribution in [-0.2, 0) is 14.8 Å². The Bertz CT molecular complexity index is 747. The third-order valence-electron chi connectivity index (χ3n) is 2.77. The van der Waals surface area contributed by atoms with Crippen LogP contribution < -0.4 is 9.83 Å². The smallest absolute Gasteiger partial charge is 0.242 e. The monoisotopic (exact) mass is 324 g/mol. The summed E-state index contributed by atoms with van der Waals surface area (Å²) in [5, 5.41) is 11.2. The van der Waals surface area contributed by atoms with Crippen LogP contribution in [0.15, 0.2) is 59.5 Å². The maximum Gasteiger partial charge on any atom is 0.242 e. The lowest BCUT2D eigenvalue weighted by Crippen LogP contribution is -2.41. The number of carboxylic acid groups (broad SMARTS) is 1. The Kier molecular flexibility index (Phi) is 4.62. The van der Waals surface area contributed by atoms with Crippen LogP contribution in [0, 0.1) is 0 Å². The molecule has 0 bridgehead atoms. The number of carbonyl (C=O) groups is 1. The van der Waals surface area contributed by atoms with Crippen LogP contribution in [0.3, 0.4) is 0 Å². The fourth-order valence-electron chi connectivity index (χ4n) is 1.78. The van der Waals surface area contributed by atoms with Gasteiger partial charge in [0, 0.05) is 0 Å². The normalized spacial score (nSPS) is 12.8. The number of rotatable bonds is 5. The molecule has 2 aromatic rings. The van der Waals surface area contributed by atoms with Crippen LogP contribution >= 0.6 is 11.6 Å². The number of hydrogen-bond donors (Lipinski definition) is 1. The number of nitrogens with one attached hydrogen (secondary N) is 1. The highest BCUT2D eigenvalue weighted by atomic mass is 35.5. The third-order valence-corrected chi connectivity index (χ3v) is 4.69. The minimum atomic E-state index is -4.09. The van der Waals surface area contributed by atoms with Crippen molar-refractivity contribution in [3.05, 3.63) is 65.2 Å². The highest BCUT2D eigenvalue weighted by molar-refractivity contribution is 7.89. The number of sulfonamides is 1. The van der Waals surface area contributed by atoms with Crippen molar-refractivity contribution in [2.24, 2.45) is 0 Å². The molecule has 5 nitrogen and oxygen atoms in total. The molecule has 0 aliphatic rings. The molecule has 0 heterocycles. The molecule has 1 N–H and O–H groups in total. The molecule has 0 aromatic heterocycles. The molecule has 2 aromatic carbocycles. The van der Waals surface area contributed by atoms with Crippen LogP contribution in [-0.4, -0.2) is 14.4 Å². The van der Waals surface area contributed by atoms with Gasteiger partial charge in [-0.1, -0.05) is 54.1 Å². The molecule has 1 atom stereocenters. The summed E-state index contributed by atoms with van der Waals surface area (Å²) >= 11 is 5.84. The largest absolute Gasteiger partial charge is 0.548 e. The van der Waals surface area contributed by atoms with Gasteiger partial charge in [0.15, 0.2) is 0 Å². The Morgan fingerprint density at radius 3 is 2.19 bits per heavy atom.